The maximum absolute atomic E-state index is 12.6. The van der Waals surface area contributed by atoms with E-state index >= 15 is 0 Å². The fourth-order valence-corrected chi connectivity index (χ4v) is 3.16. The van der Waals surface area contributed by atoms with Crippen LogP contribution in [0.3, 0.4) is 0 Å². The van der Waals surface area contributed by atoms with Crippen LogP contribution in [0.5, 0.6) is 0 Å². The number of carbonyl (C=O) groups is 1. The molecule has 0 aromatic heterocycles. The normalized spacial score (nSPS) is 16.5. The van der Waals surface area contributed by atoms with Crippen molar-refractivity contribution in [3.05, 3.63) is 58.6 Å². The Kier molecular flexibility index (Phi) is 4.08. The molecular formula is C18H19ClN2O. The summed E-state index contributed by atoms with van der Waals surface area (Å²) < 4.78 is 0. The number of hydrogen-bond donors (Lipinski definition) is 1. The van der Waals surface area contributed by atoms with Crippen LogP contribution in [0.1, 0.15) is 18.1 Å². The molecular weight excluding hydrogens is 296 g/mol. The van der Waals surface area contributed by atoms with Gasteiger partial charge >= 0.3 is 0 Å². The molecule has 0 saturated heterocycles. The molecule has 0 aliphatic carbocycles. The summed E-state index contributed by atoms with van der Waals surface area (Å²) in [5, 5.41) is 3.87. The molecule has 114 valence electrons. The molecule has 1 atom stereocenters. The number of para-hydroxylation sites is 1. The van der Waals surface area contributed by atoms with Crippen molar-refractivity contribution in [1.29, 1.82) is 0 Å². The molecule has 3 nitrogen and oxygen atoms in total. The van der Waals surface area contributed by atoms with Gasteiger partial charge in [-0.3, -0.25) is 4.79 Å². The molecule has 2 aromatic carbocycles. The van der Waals surface area contributed by atoms with Gasteiger partial charge in [0.2, 0.25) is 5.91 Å². The van der Waals surface area contributed by atoms with Crippen molar-refractivity contribution in [2.75, 3.05) is 16.8 Å². The van der Waals surface area contributed by atoms with Gasteiger partial charge < -0.3 is 10.2 Å². The van der Waals surface area contributed by atoms with Crippen molar-refractivity contribution in [1.82, 2.24) is 0 Å². The van der Waals surface area contributed by atoms with E-state index in [1.165, 1.54) is 5.56 Å². The zero-order valence-corrected chi connectivity index (χ0v) is 13.5. The van der Waals surface area contributed by atoms with Crippen molar-refractivity contribution in [2.45, 2.75) is 26.3 Å². The lowest BCUT2D eigenvalue weighted by molar-refractivity contribution is -0.117. The smallest absolute Gasteiger partial charge is 0.246 e. The van der Waals surface area contributed by atoms with Crippen molar-refractivity contribution >= 4 is 28.9 Å². The first-order chi connectivity index (χ1) is 10.6. The minimum atomic E-state index is 0.0804. The van der Waals surface area contributed by atoms with Crippen LogP contribution >= 0.6 is 11.6 Å². The zero-order valence-electron chi connectivity index (χ0n) is 12.8. The summed E-state index contributed by atoms with van der Waals surface area (Å²) in [6, 6.07) is 14.0. The Morgan fingerprint density at radius 3 is 2.91 bits per heavy atom. The molecule has 1 N–H and O–H groups in total. The SMILES string of the molecule is Cc1ccc(Cl)cc1NCC(=O)N1c2ccccc2C[C@H]1C. The number of benzene rings is 2. The molecule has 1 aliphatic heterocycles. The Bertz CT molecular complexity index is 714. The third kappa shape index (κ3) is 2.81. The van der Waals surface area contributed by atoms with Crippen LogP contribution in [-0.2, 0) is 11.2 Å². The van der Waals surface area contributed by atoms with Gasteiger partial charge in [-0.15, -0.1) is 0 Å². The van der Waals surface area contributed by atoms with Gasteiger partial charge in [-0.25, -0.2) is 0 Å². The third-order valence-electron chi connectivity index (χ3n) is 4.11. The molecule has 1 heterocycles. The summed E-state index contributed by atoms with van der Waals surface area (Å²) in [7, 11) is 0. The Hall–Kier alpha value is -2.00. The maximum Gasteiger partial charge on any atom is 0.246 e. The quantitative estimate of drug-likeness (QED) is 0.927. The number of fused-ring (bicyclic) bond motifs is 1. The third-order valence-corrected chi connectivity index (χ3v) is 4.34. The van der Waals surface area contributed by atoms with Crippen molar-refractivity contribution in [2.24, 2.45) is 0 Å². The number of hydrogen-bond acceptors (Lipinski definition) is 2. The van der Waals surface area contributed by atoms with Gasteiger partial charge in [0.25, 0.3) is 0 Å². The van der Waals surface area contributed by atoms with Crippen LogP contribution < -0.4 is 10.2 Å². The number of carbonyl (C=O) groups excluding carboxylic acids is 1. The van der Waals surface area contributed by atoms with E-state index in [1.807, 2.05) is 48.2 Å². The van der Waals surface area contributed by atoms with Crippen molar-refractivity contribution in [3.63, 3.8) is 0 Å². The van der Waals surface area contributed by atoms with E-state index in [-0.39, 0.29) is 18.5 Å². The van der Waals surface area contributed by atoms with Crippen LogP contribution in [0.25, 0.3) is 0 Å². The fraction of sp³-hybridized carbons (Fsp3) is 0.278. The van der Waals surface area contributed by atoms with Crippen LogP contribution in [0.15, 0.2) is 42.5 Å². The Morgan fingerprint density at radius 2 is 2.09 bits per heavy atom. The Labute approximate surface area is 135 Å². The first kappa shape index (κ1) is 14.9. The summed E-state index contributed by atoms with van der Waals surface area (Å²) in [4.78, 5) is 14.5. The predicted octanol–water partition coefficient (Wildman–Crippen LogP) is 4.04. The van der Waals surface area contributed by atoms with Crippen LogP contribution in [0.2, 0.25) is 5.02 Å². The van der Waals surface area contributed by atoms with Gasteiger partial charge in [-0.1, -0.05) is 35.9 Å². The van der Waals surface area contributed by atoms with E-state index in [9.17, 15) is 4.79 Å². The number of aryl methyl sites for hydroxylation is 1. The molecule has 3 rings (SSSR count). The number of amides is 1. The molecule has 1 aliphatic rings. The standard InChI is InChI=1S/C18H19ClN2O/c1-12-7-8-15(19)10-16(12)20-11-18(22)21-13(2)9-14-5-3-4-6-17(14)21/h3-8,10,13,20H,9,11H2,1-2H3/t13-/m1/s1. The summed E-state index contributed by atoms with van der Waals surface area (Å²) >= 11 is 6.01. The van der Waals surface area contributed by atoms with Gasteiger partial charge in [0, 0.05) is 22.4 Å². The summed E-state index contributed by atoms with van der Waals surface area (Å²) in [6.45, 7) is 4.35. The van der Waals surface area contributed by atoms with Crippen LogP contribution in [0.4, 0.5) is 11.4 Å². The molecule has 4 heteroatoms. The summed E-state index contributed by atoms with van der Waals surface area (Å²) in [6.07, 6.45) is 0.915. The van der Waals surface area contributed by atoms with Crippen molar-refractivity contribution in [3.8, 4) is 0 Å². The summed E-state index contributed by atoms with van der Waals surface area (Å²) in [5.74, 6) is 0.0804. The molecule has 22 heavy (non-hydrogen) atoms. The van der Waals surface area contributed by atoms with Gasteiger partial charge in [-0.2, -0.15) is 0 Å². The lowest BCUT2D eigenvalue weighted by Gasteiger charge is -2.23. The minimum Gasteiger partial charge on any atom is -0.376 e. The van der Waals surface area contributed by atoms with E-state index in [1.54, 1.807) is 0 Å². The molecule has 0 spiro atoms. The molecule has 0 radical (unpaired) electrons. The highest BCUT2D eigenvalue weighted by Crippen LogP contribution is 2.31. The molecule has 1 amide bonds. The van der Waals surface area contributed by atoms with Crippen molar-refractivity contribution < 1.29 is 4.79 Å². The monoisotopic (exact) mass is 314 g/mol. The van der Waals surface area contributed by atoms with Crippen LogP contribution in [0, 0.1) is 6.92 Å². The highest BCUT2D eigenvalue weighted by molar-refractivity contribution is 6.30. The van der Waals surface area contributed by atoms with E-state index in [2.05, 4.69) is 18.3 Å². The molecule has 0 fully saturated rings. The highest BCUT2D eigenvalue weighted by Gasteiger charge is 2.30. The largest absolute Gasteiger partial charge is 0.376 e. The van der Waals surface area contributed by atoms with Gasteiger partial charge in [0.1, 0.15) is 0 Å². The zero-order chi connectivity index (χ0) is 15.7. The Balaban J connectivity index is 1.74. The number of anilines is 2. The second-order valence-electron chi connectivity index (χ2n) is 5.76. The number of nitrogens with one attached hydrogen (secondary N) is 1. The van der Waals surface area contributed by atoms with E-state index in [4.69, 9.17) is 11.6 Å². The van der Waals surface area contributed by atoms with Gasteiger partial charge in [-0.05, 0) is 49.6 Å². The molecule has 0 unspecified atom stereocenters. The average Bonchev–Trinajstić information content (AvgIpc) is 2.83. The highest BCUT2D eigenvalue weighted by atomic mass is 35.5. The number of halogens is 1. The first-order valence-corrected chi connectivity index (χ1v) is 7.84. The molecule has 0 bridgehead atoms. The van der Waals surface area contributed by atoms with E-state index in [0.717, 1.165) is 23.4 Å². The number of nitrogens with zero attached hydrogens (tertiary/aromatic N) is 1. The minimum absolute atomic E-state index is 0.0804. The maximum atomic E-state index is 12.6. The number of rotatable bonds is 3. The first-order valence-electron chi connectivity index (χ1n) is 7.46. The van der Waals surface area contributed by atoms with E-state index in [0.29, 0.717) is 5.02 Å². The topological polar surface area (TPSA) is 32.3 Å². The molecule has 0 saturated carbocycles. The molecule has 2 aromatic rings. The summed E-state index contributed by atoms with van der Waals surface area (Å²) in [5.41, 5.74) is 4.25. The second-order valence-corrected chi connectivity index (χ2v) is 6.19. The Morgan fingerprint density at radius 1 is 1.32 bits per heavy atom. The van der Waals surface area contributed by atoms with Crippen LogP contribution in [-0.4, -0.2) is 18.5 Å². The fourth-order valence-electron chi connectivity index (χ4n) is 2.99. The van der Waals surface area contributed by atoms with Gasteiger partial charge in [0.05, 0.1) is 6.54 Å². The lowest BCUT2D eigenvalue weighted by Crippen LogP contribution is -2.39. The van der Waals surface area contributed by atoms with Gasteiger partial charge in [0.15, 0.2) is 0 Å². The predicted molar refractivity (Wildman–Crippen MR) is 91.8 cm³/mol. The average molecular weight is 315 g/mol. The van der Waals surface area contributed by atoms with E-state index < -0.39 is 0 Å². The lowest BCUT2D eigenvalue weighted by atomic mass is 10.1. The second kappa shape index (κ2) is 6.01.